The van der Waals surface area contributed by atoms with E-state index in [2.05, 4.69) is 47.0 Å². The standard InChI is InChI=1S/C24H30N4O/c1-17-12-20(21-6-5-19(14-25)24-22(21)4-3-9-26-24)16-28(15-17)23(29)13-18-7-10-27(2)11-8-18/h3-6,9,17-18,20H,7-8,10-13,15-16H2,1-2H3/t17-,20?/m1/s1. The molecule has 0 bridgehead atoms. The van der Waals surface area contributed by atoms with Gasteiger partial charge in [0.25, 0.3) is 0 Å². The van der Waals surface area contributed by atoms with E-state index in [-0.39, 0.29) is 0 Å². The molecule has 1 unspecified atom stereocenters. The average Bonchev–Trinajstić information content (AvgIpc) is 2.74. The van der Waals surface area contributed by atoms with Gasteiger partial charge in [-0.15, -0.1) is 0 Å². The highest BCUT2D eigenvalue weighted by molar-refractivity contribution is 5.87. The second kappa shape index (κ2) is 8.51. The van der Waals surface area contributed by atoms with Crippen molar-refractivity contribution in [2.24, 2.45) is 11.8 Å². The Morgan fingerprint density at radius 1 is 1.24 bits per heavy atom. The number of hydrogen-bond donors (Lipinski definition) is 0. The predicted molar refractivity (Wildman–Crippen MR) is 114 cm³/mol. The third-order valence-electron chi connectivity index (χ3n) is 6.68. The first-order chi connectivity index (χ1) is 14.0. The van der Waals surface area contributed by atoms with E-state index < -0.39 is 0 Å². The van der Waals surface area contributed by atoms with Crippen molar-refractivity contribution < 1.29 is 4.79 Å². The zero-order valence-electron chi connectivity index (χ0n) is 17.5. The maximum absolute atomic E-state index is 13.1. The maximum atomic E-state index is 13.1. The SMILES string of the molecule is C[C@@H]1CC(c2ccc(C#N)c3ncccc23)CN(C(=O)CC2CCN(C)CC2)C1. The highest BCUT2D eigenvalue weighted by Gasteiger charge is 2.31. The molecule has 0 aliphatic carbocycles. The number of hydrogen-bond acceptors (Lipinski definition) is 4. The first-order valence-corrected chi connectivity index (χ1v) is 10.8. The van der Waals surface area contributed by atoms with Gasteiger partial charge in [-0.1, -0.05) is 19.1 Å². The molecule has 3 heterocycles. The van der Waals surface area contributed by atoms with Crippen LogP contribution < -0.4 is 0 Å². The first kappa shape index (κ1) is 19.8. The fourth-order valence-corrected chi connectivity index (χ4v) is 5.06. The fourth-order valence-electron chi connectivity index (χ4n) is 5.06. The first-order valence-electron chi connectivity index (χ1n) is 10.8. The van der Waals surface area contributed by atoms with Crippen molar-refractivity contribution in [2.75, 3.05) is 33.2 Å². The molecular formula is C24H30N4O. The summed E-state index contributed by atoms with van der Waals surface area (Å²) >= 11 is 0. The van der Waals surface area contributed by atoms with Gasteiger partial charge in [-0.25, -0.2) is 0 Å². The summed E-state index contributed by atoms with van der Waals surface area (Å²) in [4.78, 5) is 22.0. The molecule has 0 spiro atoms. The number of amides is 1. The molecule has 5 heteroatoms. The van der Waals surface area contributed by atoms with E-state index in [1.165, 1.54) is 5.56 Å². The number of nitriles is 1. The summed E-state index contributed by atoms with van der Waals surface area (Å²) in [7, 11) is 2.16. The molecule has 1 aromatic heterocycles. The monoisotopic (exact) mass is 390 g/mol. The number of likely N-dealkylation sites (tertiary alicyclic amines) is 2. The van der Waals surface area contributed by atoms with Crippen LogP contribution in [0.4, 0.5) is 0 Å². The van der Waals surface area contributed by atoms with E-state index in [0.29, 0.717) is 35.6 Å². The summed E-state index contributed by atoms with van der Waals surface area (Å²) in [5, 5.41) is 10.5. The average molecular weight is 391 g/mol. The van der Waals surface area contributed by atoms with Crippen molar-refractivity contribution in [3.8, 4) is 6.07 Å². The predicted octanol–water partition coefficient (Wildman–Crippen LogP) is 3.79. The molecule has 152 valence electrons. The minimum atomic E-state index is 0.291. The molecule has 29 heavy (non-hydrogen) atoms. The van der Waals surface area contributed by atoms with Crippen LogP contribution in [0, 0.1) is 23.2 Å². The molecule has 0 radical (unpaired) electrons. The van der Waals surface area contributed by atoms with Crippen LogP contribution in [-0.4, -0.2) is 53.9 Å². The van der Waals surface area contributed by atoms with Crippen LogP contribution in [0.5, 0.6) is 0 Å². The van der Waals surface area contributed by atoms with Gasteiger partial charge in [0.1, 0.15) is 6.07 Å². The van der Waals surface area contributed by atoms with Gasteiger partial charge in [-0.05, 0) is 68.9 Å². The van der Waals surface area contributed by atoms with E-state index in [0.717, 1.165) is 56.3 Å². The summed E-state index contributed by atoms with van der Waals surface area (Å²) in [6.45, 7) is 6.06. The molecular weight excluding hydrogens is 360 g/mol. The molecule has 2 aromatic rings. The summed E-state index contributed by atoms with van der Waals surface area (Å²) in [6, 6.07) is 10.2. The van der Waals surface area contributed by atoms with Crippen molar-refractivity contribution in [2.45, 2.75) is 38.5 Å². The summed E-state index contributed by atoms with van der Waals surface area (Å²) < 4.78 is 0. The van der Waals surface area contributed by atoms with Crippen LogP contribution in [0.2, 0.25) is 0 Å². The molecule has 2 aliphatic heterocycles. The Morgan fingerprint density at radius 2 is 2.03 bits per heavy atom. The Hall–Kier alpha value is -2.45. The lowest BCUT2D eigenvalue weighted by atomic mass is 9.83. The van der Waals surface area contributed by atoms with Crippen LogP contribution in [0.15, 0.2) is 30.5 Å². The lowest BCUT2D eigenvalue weighted by Crippen LogP contribution is -2.43. The van der Waals surface area contributed by atoms with Crippen molar-refractivity contribution in [3.05, 3.63) is 41.6 Å². The van der Waals surface area contributed by atoms with E-state index in [4.69, 9.17) is 0 Å². The van der Waals surface area contributed by atoms with Crippen LogP contribution in [-0.2, 0) is 4.79 Å². The third-order valence-corrected chi connectivity index (χ3v) is 6.68. The Balaban J connectivity index is 1.53. The van der Waals surface area contributed by atoms with Crippen LogP contribution in [0.1, 0.15) is 49.7 Å². The summed E-state index contributed by atoms with van der Waals surface area (Å²) in [5.74, 6) is 1.60. The molecule has 4 rings (SSSR count). The van der Waals surface area contributed by atoms with Gasteiger partial charge in [-0.2, -0.15) is 5.26 Å². The van der Waals surface area contributed by atoms with Gasteiger partial charge in [0.2, 0.25) is 5.91 Å². The van der Waals surface area contributed by atoms with Crippen molar-refractivity contribution >= 4 is 16.8 Å². The molecule has 2 saturated heterocycles. The summed E-state index contributed by atoms with van der Waals surface area (Å²) in [6.07, 6.45) is 5.74. The van der Waals surface area contributed by atoms with E-state index in [1.54, 1.807) is 6.20 Å². The molecule has 2 aliphatic rings. The van der Waals surface area contributed by atoms with Gasteiger partial charge in [0.05, 0.1) is 11.1 Å². The number of pyridine rings is 1. The smallest absolute Gasteiger partial charge is 0.222 e. The van der Waals surface area contributed by atoms with Gasteiger partial charge in [-0.3, -0.25) is 9.78 Å². The Bertz CT molecular complexity index is 926. The van der Waals surface area contributed by atoms with Gasteiger partial charge < -0.3 is 9.80 Å². The summed E-state index contributed by atoms with van der Waals surface area (Å²) in [5.41, 5.74) is 2.61. The largest absolute Gasteiger partial charge is 0.342 e. The number of rotatable bonds is 3. The molecule has 0 saturated carbocycles. The minimum Gasteiger partial charge on any atom is -0.342 e. The Morgan fingerprint density at radius 3 is 2.79 bits per heavy atom. The van der Waals surface area contributed by atoms with Crippen LogP contribution in [0.3, 0.4) is 0 Å². The highest BCUT2D eigenvalue weighted by Crippen LogP contribution is 2.35. The number of carbonyl (C=O) groups excluding carboxylic acids is 1. The number of benzene rings is 1. The molecule has 5 nitrogen and oxygen atoms in total. The lowest BCUT2D eigenvalue weighted by molar-refractivity contribution is -0.134. The molecule has 2 fully saturated rings. The quantitative estimate of drug-likeness (QED) is 0.800. The molecule has 0 N–H and O–H groups in total. The number of piperidine rings is 2. The third kappa shape index (κ3) is 4.28. The minimum absolute atomic E-state index is 0.291. The molecule has 2 atom stereocenters. The van der Waals surface area contributed by atoms with Gasteiger partial charge >= 0.3 is 0 Å². The lowest BCUT2D eigenvalue weighted by Gasteiger charge is -2.38. The molecule has 1 aromatic carbocycles. The zero-order valence-corrected chi connectivity index (χ0v) is 17.5. The number of nitrogens with zero attached hydrogens (tertiary/aromatic N) is 4. The van der Waals surface area contributed by atoms with E-state index in [9.17, 15) is 10.1 Å². The number of fused-ring (bicyclic) bond motifs is 1. The second-order valence-corrected chi connectivity index (χ2v) is 9.00. The topological polar surface area (TPSA) is 60.2 Å². The van der Waals surface area contributed by atoms with E-state index >= 15 is 0 Å². The molecule has 1 amide bonds. The highest BCUT2D eigenvalue weighted by atomic mass is 16.2. The zero-order chi connectivity index (χ0) is 20.4. The maximum Gasteiger partial charge on any atom is 0.222 e. The van der Waals surface area contributed by atoms with Gasteiger partial charge in [0, 0.05) is 37.0 Å². The van der Waals surface area contributed by atoms with Crippen molar-refractivity contribution in [1.82, 2.24) is 14.8 Å². The van der Waals surface area contributed by atoms with Gasteiger partial charge in [0.15, 0.2) is 0 Å². The Labute approximate surface area is 173 Å². The van der Waals surface area contributed by atoms with Crippen LogP contribution in [0.25, 0.3) is 10.9 Å². The van der Waals surface area contributed by atoms with E-state index in [1.807, 2.05) is 12.1 Å². The number of aromatic nitrogens is 1. The van der Waals surface area contributed by atoms with Crippen molar-refractivity contribution in [3.63, 3.8) is 0 Å². The van der Waals surface area contributed by atoms with Crippen LogP contribution >= 0.6 is 0 Å². The fraction of sp³-hybridized carbons (Fsp3) is 0.542. The number of carbonyl (C=O) groups is 1. The van der Waals surface area contributed by atoms with Crippen molar-refractivity contribution in [1.29, 1.82) is 5.26 Å². The second-order valence-electron chi connectivity index (χ2n) is 9.00. The normalized spacial score (nSPS) is 23.8. The Kier molecular flexibility index (Phi) is 5.82.